The zero-order chi connectivity index (χ0) is 21.5. The first-order valence-electron chi connectivity index (χ1n) is 9.58. The van der Waals surface area contributed by atoms with Crippen molar-refractivity contribution in [1.82, 2.24) is 15.1 Å². The van der Waals surface area contributed by atoms with Gasteiger partial charge in [0.15, 0.2) is 5.11 Å². The van der Waals surface area contributed by atoms with E-state index in [1.54, 1.807) is 13.1 Å². The largest absolute Gasteiger partial charge is 0.462 e. The monoisotopic (exact) mass is 506 g/mol. The molecule has 0 saturated carbocycles. The van der Waals surface area contributed by atoms with Crippen LogP contribution in [0.3, 0.4) is 0 Å². The molecule has 1 aromatic carbocycles. The molecule has 2 N–H and O–H groups in total. The summed E-state index contributed by atoms with van der Waals surface area (Å²) in [5.41, 5.74) is 2.39. The van der Waals surface area contributed by atoms with Crippen LogP contribution in [-0.4, -0.2) is 34.0 Å². The third-order valence-corrected chi connectivity index (χ3v) is 5.98. The van der Waals surface area contributed by atoms with Crippen molar-refractivity contribution in [1.29, 1.82) is 0 Å². The number of anilines is 1. The Hall–Kier alpha value is -2.23. The molecule has 0 fully saturated rings. The third-order valence-electron chi connectivity index (χ3n) is 4.30. The number of ether oxygens (including phenoxy) is 1. The number of benzene rings is 1. The van der Waals surface area contributed by atoms with E-state index in [1.807, 2.05) is 48.1 Å². The Bertz CT molecular complexity index is 1020. The van der Waals surface area contributed by atoms with Crippen LogP contribution < -0.4 is 10.6 Å². The van der Waals surface area contributed by atoms with Gasteiger partial charge in [0, 0.05) is 29.7 Å². The summed E-state index contributed by atoms with van der Waals surface area (Å²) < 4.78 is 8.16. The van der Waals surface area contributed by atoms with E-state index in [4.69, 9.17) is 17.0 Å². The summed E-state index contributed by atoms with van der Waals surface area (Å²) in [6, 6.07) is 9.85. The zero-order valence-electron chi connectivity index (χ0n) is 16.8. The zero-order valence-corrected chi connectivity index (χ0v) is 20.0. The molecule has 2 heterocycles. The highest BCUT2D eigenvalue weighted by Crippen LogP contribution is 2.40. The van der Waals surface area contributed by atoms with Gasteiger partial charge < -0.3 is 15.4 Å². The highest BCUT2D eigenvalue weighted by molar-refractivity contribution is 9.10. The van der Waals surface area contributed by atoms with Crippen LogP contribution in [0.4, 0.5) is 5.00 Å². The molecule has 0 aliphatic heterocycles. The molecule has 0 saturated heterocycles. The Morgan fingerprint density at radius 2 is 2.10 bits per heavy atom. The summed E-state index contributed by atoms with van der Waals surface area (Å²) in [4.78, 5) is 13.8. The molecule has 6 nitrogen and oxygen atoms in total. The molecule has 30 heavy (non-hydrogen) atoms. The smallest absolute Gasteiger partial charge is 0.341 e. The number of hydrogen-bond acceptors (Lipinski definition) is 5. The molecule has 2 aromatic heterocycles. The molecule has 0 spiro atoms. The van der Waals surface area contributed by atoms with E-state index >= 15 is 0 Å². The Balaban J connectivity index is 1.70. The minimum absolute atomic E-state index is 0.313. The highest BCUT2D eigenvalue weighted by Gasteiger charge is 2.24. The second-order valence-electron chi connectivity index (χ2n) is 6.48. The molecule has 158 valence electrons. The number of nitrogens with zero attached hydrogens (tertiary/aromatic N) is 2. The second kappa shape index (κ2) is 10.7. The maximum atomic E-state index is 12.7. The standard InChI is InChI=1S/C21H23BrN4O2S2/c1-3-28-20(27)18-17(15-8-5-4-6-9-15)14(2)30-19(18)25-21(29)23-10-7-11-26-13-16(22)12-24-26/h4-6,8-9,12-13H,3,7,10-11H2,1-2H3,(H2,23,25,29). The molecule has 3 aromatic rings. The number of rotatable bonds is 8. The van der Waals surface area contributed by atoms with E-state index in [0.717, 1.165) is 33.4 Å². The van der Waals surface area contributed by atoms with Crippen molar-refractivity contribution in [2.45, 2.75) is 26.8 Å². The molecule has 0 aliphatic carbocycles. The van der Waals surface area contributed by atoms with E-state index in [2.05, 4.69) is 31.7 Å². The minimum Gasteiger partial charge on any atom is -0.462 e. The van der Waals surface area contributed by atoms with Crippen LogP contribution in [0.2, 0.25) is 0 Å². The lowest BCUT2D eigenvalue weighted by atomic mass is 10.0. The van der Waals surface area contributed by atoms with Crippen molar-refractivity contribution in [3.63, 3.8) is 0 Å². The number of carbonyl (C=O) groups is 1. The SMILES string of the molecule is CCOC(=O)c1c(NC(=S)NCCCn2cc(Br)cn2)sc(C)c1-c1ccccc1. The molecule has 0 unspecified atom stereocenters. The first-order chi connectivity index (χ1) is 14.5. The maximum absolute atomic E-state index is 12.7. The number of thiophene rings is 1. The predicted molar refractivity (Wildman–Crippen MR) is 129 cm³/mol. The van der Waals surface area contributed by atoms with Gasteiger partial charge in [-0.2, -0.15) is 5.10 Å². The molecule has 0 radical (unpaired) electrons. The van der Waals surface area contributed by atoms with Gasteiger partial charge in [0.1, 0.15) is 10.6 Å². The summed E-state index contributed by atoms with van der Waals surface area (Å²) in [6.07, 6.45) is 4.56. The lowest BCUT2D eigenvalue weighted by Gasteiger charge is -2.12. The first kappa shape index (κ1) is 22.5. The summed E-state index contributed by atoms with van der Waals surface area (Å²) in [6.45, 7) is 5.59. The normalized spacial score (nSPS) is 10.6. The van der Waals surface area contributed by atoms with E-state index in [1.165, 1.54) is 11.3 Å². The minimum atomic E-state index is -0.352. The van der Waals surface area contributed by atoms with Crippen molar-refractivity contribution < 1.29 is 9.53 Å². The Morgan fingerprint density at radius 1 is 1.33 bits per heavy atom. The average molecular weight is 507 g/mol. The number of esters is 1. The number of carbonyl (C=O) groups excluding carboxylic acids is 1. The summed E-state index contributed by atoms with van der Waals surface area (Å²) in [7, 11) is 0. The van der Waals surface area contributed by atoms with Crippen molar-refractivity contribution in [3.05, 3.63) is 57.6 Å². The lowest BCUT2D eigenvalue weighted by molar-refractivity contribution is 0.0529. The third kappa shape index (κ3) is 5.68. The van der Waals surface area contributed by atoms with Gasteiger partial charge in [-0.15, -0.1) is 11.3 Å². The molecular weight excluding hydrogens is 484 g/mol. The lowest BCUT2D eigenvalue weighted by Crippen LogP contribution is -2.30. The summed E-state index contributed by atoms with van der Waals surface area (Å²) in [5, 5.41) is 11.8. The Kier molecular flexibility index (Phi) is 8.01. The molecule has 9 heteroatoms. The van der Waals surface area contributed by atoms with Gasteiger partial charge in [-0.05, 0) is 54.0 Å². The van der Waals surface area contributed by atoms with Crippen LogP contribution >= 0.6 is 39.5 Å². The fraction of sp³-hybridized carbons (Fsp3) is 0.286. The number of nitrogens with one attached hydrogen (secondary N) is 2. The molecule has 0 atom stereocenters. The topological polar surface area (TPSA) is 68.2 Å². The van der Waals surface area contributed by atoms with Gasteiger partial charge in [0.25, 0.3) is 0 Å². The average Bonchev–Trinajstić information content (AvgIpc) is 3.28. The van der Waals surface area contributed by atoms with Crippen LogP contribution in [0.25, 0.3) is 11.1 Å². The van der Waals surface area contributed by atoms with Gasteiger partial charge in [0.05, 0.1) is 17.3 Å². The van der Waals surface area contributed by atoms with Gasteiger partial charge >= 0.3 is 5.97 Å². The number of aromatic nitrogens is 2. The summed E-state index contributed by atoms with van der Waals surface area (Å²) in [5.74, 6) is -0.352. The fourth-order valence-corrected chi connectivity index (χ4v) is 4.70. The molecule has 0 aliphatic rings. The van der Waals surface area contributed by atoms with Crippen molar-refractivity contribution >= 4 is 55.6 Å². The molecule has 0 amide bonds. The molecule has 0 bridgehead atoms. The van der Waals surface area contributed by atoms with E-state index in [9.17, 15) is 4.79 Å². The van der Waals surface area contributed by atoms with Crippen LogP contribution in [-0.2, 0) is 11.3 Å². The molecule has 3 rings (SSSR count). The van der Waals surface area contributed by atoms with Crippen LogP contribution in [0.15, 0.2) is 47.2 Å². The number of hydrogen-bond donors (Lipinski definition) is 2. The van der Waals surface area contributed by atoms with Crippen molar-refractivity contribution in [2.24, 2.45) is 0 Å². The Labute approximate surface area is 193 Å². The second-order valence-corrected chi connectivity index (χ2v) is 9.03. The quantitative estimate of drug-likeness (QED) is 0.247. The van der Waals surface area contributed by atoms with Gasteiger partial charge in [-0.3, -0.25) is 4.68 Å². The molecular formula is C21H23BrN4O2S2. The van der Waals surface area contributed by atoms with Gasteiger partial charge in [0.2, 0.25) is 0 Å². The van der Waals surface area contributed by atoms with Crippen LogP contribution in [0.5, 0.6) is 0 Å². The number of aryl methyl sites for hydroxylation is 2. The maximum Gasteiger partial charge on any atom is 0.341 e. The number of thiocarbonyl (C=S) groups is 1. The van der Waals surface area contributed by atoms with Crippen LogP contribution in [0, 0.1) is 6.92 Å². The summed E-state index contributed by atoms with van der Waals surface area (Å²) >= 11 is 10.3. The van der Waals surface area contributed by atoms with E-state index < -0.39 is 0 Å². The first-order valence-corrected chi connectivity index (χ1v) is 11.6. The van der Waals surface area contributed by atoms with Crippen molar-refractivity contribution in [2.75, 3.05) is 18.5 Å². The van der Waals surface area contributed by atoms with E-state index in [-0.39, 0.29) is 5.97 Å². The predicted octanol–water partition coefficient (Wildman–Crippen LogP) is 5.24. The van der Waals surface area contributed by atoms with Gasteiger partial charge in [-0.25, -0.2) is 4.79 Å². The van der Waals surface area contributed by atoms with E-state index in [0.29, 0.717) is 28.8 Å². The van der Waals surface area contributed by atoms with Crippen molar-refractivity contribution in [3.8, 4) is 11.1 Å². The fourth-order valence-electron chi connectivity index (χ4n) is 3.03. The number of halogens is 1. The van der Waals surface area contributed by atoms with Crippen LogP contribution in [0.1, 0.15) is 28.6 Å². The highest BCUT2D eigenvalue weighted by atomic mass is 79.9. The Morgan fingerprint density at radius 3 is 2.77 bits per heavy atom. The van der Waals surface area contributed by atoms with Gasteiger partial charge in [-0.1, -0.05) is 30.3 Å².